The van der Waals surface area contributed by atoms with Gasteiger partial charge in [0.15, 0.2) is 0 Å². The molecule has 0 atom stereocenters. The molecule has 0 bridgehead atoms. The zero-order valence-electron chi connectivity index (χ0n) is 14.8. The van der Waals surface area contributed by atoms with Crippen molar-refractivity contribution in [3.8, 4) is 0 Å². The zero-order valence-corrected chi connectivity index (χ0v) is 14.8. The van der Waals surface area contributed by atoms with E-state index in [-0.39, 0.29) is 18.3 Å². The smallest absolute Gasteiger partial charge is 0.248 e. The molecule has 0 aliphatic carbocycles. The van der Waals surface area contributed by atoms with E-state index in [2.05, 4.69) is 0 Å². The molecule has 0 fully saturated rings. The second kappa shape index (κ2) is 9.96. The highest BCUT2D eigenvalue weighted by Crippen LogP contribution is 2.12. The summed E-state index contributed by atoms with van der Waals surface area (Å²) in [5, 5.41) is 0. The normalized spacial score (nSPS) is 10.8. The van der Waals surface area contributed by atoms with Crippen LogP contribution in [0.1, 0.15) is 17.7 Å². The third-order valence-electron chi connectivity index (χ3n) is 3.92. The Morgan fingerprint density at radius 1 is 1.20 bits per heavy atom. The van der Waals surface area contributed by atoms with Crippen molar-refractivity contribution in [1.29, 1.82) is 0 Å². The quantitative estimate of drug-likeness (QED) is 0.620. The molecule has 0 radical (unpaired) electrons. The fourth-order valence-corrected chi connectivity index (χ4v) is 2.68. The second-order valence-corrected chi connectivity index (χ2v) is 5.85. The van der Waals surface area contributed by atoms with Gasteiger partial charge in [0.2, 0.25) is 5.91 Å². The summed E-state index contributed by atoms with van der Waals surface area (Å²) < 4.78 is 25.5. The van der Waals surface area contributed by atoms with Gasteiger partial charge in [-0.2, -0.15) is 0 Å². The minimum absolute atomic E-state index is 0.0532. The number of ether oxygens (including phenoxy) is 2. The first-order chi connectivity index (χ1) is 12.1. The fraction of sp³-hybridized carbons (Fsp3) is 0.421. The van der Waals surface area contributed by atoms with Crippen molar-refractivity contribution >= 4 is 5.91 Å². The minimum Gasteiger partial charge on any atom is -0.385 e. The molecule has 1 aromatic carbocycles. The van der Waals surface area contributed by atoms with Gasteiger partial charge in [-0.05, 0) is 36.2 Å². The Labute approximate surface area is 148 Å². The topological polar surface area (TPSA) is 43.7 Å². The number of carbonyl (C=O) groups is 1. The van der Waals surface area contributed by atoms with E-state index in [9.17, 15) is 9.18 Å². The molecule has 0 spiro atoms. The average Bonchev–Trinajstić information content (AvgIpc) is 3.01. The van der Waals surface area contributed by atoms with Gasteiger partial charge in [0.25, 0.3) is 0 Å². The lowest BCUT2D eigenvalue weighted by atomic mass is 10.2. The summed E-state index contributed by atoms with van der Waals surface area (Å²) in [5.74, 6) is -0.306. The number of rotatable bonds is 10. The molecule has 0 aliphatic heterocycles. The maximum atomic E-state index is 13.4. The van der Waals surface area contributed by atoms with Crippen LogP contribution < -0.4 is 0 Å². The lowest BCUT2D eigenvalue weighted by Gasteiger charge is -2.23. The van der Waals surface area contributed by atoms with Crippen LogP contribution in [0, 0.1) is 5.82 Å². The van der Waals surface area contributed by atoms with E-state index in [4.69, 9.17) is 9.47 Å². The fourth-order valence-electron chi connectivity index (χ4n) is 2.68. The number of aromatic nitrogens is 1. The van der Waals surface area contributed by atoms with Gasteiger partial charge < -0.3 is 18.9 Å². The van der Waals surface area contributed by atoms with Gasteiger partial charge in [0.05, 0.1) is 6.54 Å². The van der Waals surface area contributed by atoms with E-state index < -0.39 is 0 Å². The molecule has 136 valence electrons. The predicted molar refractivity (Wildman–Crippen MR) is 93.7 cm³/mol. The Kier molecular flexibility index (Phi) is 7.63. The number of methoxy groups -OCH3 is 2. The van der Waals surface area contributed by atoms with E-state index in [1.54, 1.807) is 18.1 Å². The first-order valence-electron chi connectivity index (χ1n) is 8.28. The molecule has 1 aromatic heterocycles. The molecule has 1 amide bonds. The van der Waals surface area contributed by atoms with E-state index in [1.165, 1.54) is 19.2 Å². The Balaban J connectivity index is 2.08. The molecule has 5 nitrogen and oxygen atoms in total. The van der Waals surface area contributed by atoms with Crippen LogP contribution in [0.2, 0.25) is 0 Å². The van der Waals surface area contributed by atoms with Crippen LogP contribution in [-0.2, 0) is 27.4 Å². The number of benzene rings is 1. The summed E-state index contributed by atoms with van der Waals surface area (Å²) in [4.78, 5) is 14.0. The first-order valence-corrected chi connectivity index (χ1v) is 8.28. The van der Waals surface area contributed by atoms with E-state index in [1.807, 2.05) is 29.0 Å². The Morgan fingerprint density at radius 3 is 2.76 bits per heavy atom. The number of halogens is 1. The number of amides is 1. The summed E-state index contributed by atoms with van der Waals surface area (Å²) in [6.07, 6.45) is 2.70. The van der Waals surface area contributed by atoms with Crippen molar-refractivity contribution in [3.05, 3.63) is 59.7 Å². The van der Waals surface area contributed by atoms with Gasteiger partial charge in [0.1, 0.15) is 12.4 Å². The molecule has 0 unspecified atom stereocenters. The van der Waals surface area contributed by atoms with Gasteiger partial charge in [-0.15, -0.1) is 0 Å². The summed E-state index contributed by atoms with van der Waals surface area (Å²) in [6, 6.07) is 10.5. The van der Waals surface area contributed by atoms with Crippen LogP contribution in [0.4, 0.5) is 4.39 Å². The van der Waals surface area contributed by atoms with Crippen molar-refractivity contribution in [2.24, 2.45) is 0 Å². The van der Waals surface area contributed by atoms with Crippen LogP contribution >= 0.6 is 0 Å². The van der Waals surface area contributed by atoms with Crippen LogP contribution in [0.25, 0.3) is 0 Å². The average molecular weight is 348 g/mol. The Hall–Kier alpha value is -2.18. The maximum Gasteiger partial charge on any atom is 0.248 e. The van der Waals surface area contributed by atoms with Crippen molar-refractivity contribution in [3.63, 3.8) is 0 Å². The SMILES string of the molecule is COCCCN(Cc1cccn1Cc1cccc(F)c1)C(=O)COC. The van der Waals surface area contributed by atoms with Crippen LogP contribution in [-0.4, -0.2) is 49.4 Å². The van der Waals surface area contributed by atoms with Gasteiger partial charge >= 0.3 is 0 Å². The largest absolute Gasteiger partial charge is 0.385 e. The molecule has 2 aromatic rings. The van der Waals surface area contributed by atoms with E-state index >= 15 is 0 Å². The zero-order chi connectivity index (χ0) is 18.1. The summed E-state index contributed by atoms with van der Waals surface area (Å²) >= 11 is 0. The molecule has 0 N–H and O–H groups in total. The highest BCUT2D eigenvalue weighted by molar-refractivity contribution is 5.77. The maximum absolute atomic E-state index is 13.4. The molecule has 0 saturated heterocycles. The third kappa shape index (κ3) is 5.99. The Bertz CT molecular complexity index is 672. The highest BCUT2D eigenvalue weighted by atomic mass is 19.1. The summed E-state index contributed by atoms with van der Waals surface area (Å²) in [5.41, 5.74) is 1.87. The summed E-state index contributed by atoms with van der Waals surface area (Å²) in [7, 11) is 3.16. The molecule has 6 heteroatoms. The number of carbonyl (C=O) groups excluding carboxylic acids is 1. The van der Waals surface area contributed by atoms with E-state index in [0.717, 1.165) is 17.7 Å². The number of hydrogen-bond donors (Lipinski definition) is 0. The third-order valence-corrected chi connectivity index (χ3v) is 3.92. The van der Waals surface area contributed by atoms with Crippen molar-refractivity contribution in [2.75, 3.05) is 34.0 Å². The van der Waals surface area contributed by atoms with Crippen LogP contribution in [0.3, 0.4) is 0 Å². The molecule has 0 aliphatic rings. The molecule has 2 rings (SSSR count). The van der Waals surface area contributed by atoms with Crippen LogP contribution in [0.5, 0.6) is 0 Å². The monoisotopic (exact) mass is 348 g/mol. The summed E-state index contributed by atoms with van der Waals surface area (Å²) in [6.45, 7) is 2.29. The molecular formula is C19H25FN2O3. The lowest BCUT2D eigenvalue weighted by Crippen LogP contribution is -2.35. The van der Waals surface area contributed by atoms with E-state index in [0.29, 0.717) is 26.2 Å². The lowest BCUT2D eigenvalue weighted by molar-refractivity contribution is -0.136. The number of nitrogens with zero attached hydrogens (tertiary/aromatic N) is 2. The van der Waals surface area contributed by atoms with Crippen molar-refractivity contribution in [1.82, 2.24) is 9.47 Å². The van der Waals surface area contributed by atoms with Crippen LogP contribution in [0.15, 0.2) is 42.6 Å². The number of hydrogen-bond acceptors (Lipinski definition) is 3. The molecule has 1 heterocycles. The first kappa shape index (κ1) is 19.1. The molecule has 25 heavy (non-hydrogen) atoms. The predicted octanol–water partition coefficient (Wildman–Crippen LogP) is 2.69. The highest BCUT2D eigenvalue weighted by Gasteiger charge is 2.15. The van der Waals surface area contributed by atoms with Crippen molar-refractivity contribution < 1.29 is 18.7 Å². The Morgan fingerprint density at radius 2 is 2.04 bits per heavy atom. The van der Waals surface area contributed by atoms with Gasteiger partial charge in [-0.3, -0.25) is 4.79 Å². The minimum atomic E-state index is -0.248. The second-order valence-electron chi connectivity index (χ2n) is 5.85. The van der Waals surface area contributed by atoms with Gasteiger partial charge in [-0.1, -0.05) is 12.1 Å². The molecule has 0 saturated carbocycles. The molecular weight excluding hydrogens is 323 g/mol. The standard InChI is InChI=1S/C19H25FN2O3/c1-24-11-5-10-22(19(23)15-25-2)14-18-8-4-9-21(18)13-16-6-3-7-17(20)12-16/h3-4,6-9,12H,5,10-11,13-15H2,1-2H3. The van der Waals surface area contributed by atoms with Gasteiger partial charge in [0, 0.05) is 45.8 Å². The van der Waals surface area contributed by atoms with Crippen molar-refractivity contribution in [2.45, 2.75) is 19.5 Å². The van der Waals surface area contributed by atoms with Gasteiger partial charge in [-0.25, -0.2) is 4.39 Å².